The lowest BCUT2D eigenvalue weighted by Crippen LogP contribution is -2.54. The molecule has 1 aliphatic carbocycles. The largest absolute Gasteiger partial charge is 0.466 e. The molecular weight excluding hydrogens is 292 g/mol. The predicted molar refractivity (Wildman–Crippen MR) is 78.3 cm³/mol. The molecule has 1 atom stereocenters. The summed E-state index contributed by atoms with van der Waals surface area (Å²) in [5.41, 5.74) is 0. The van der Waals surface area contributed by atoms with Crippen LogP contribution in [0.25, 0.3) is 0 Å². The van der Waals surface area contributed by atoms with Gasteiger partial charge in [0.05, 0.1) is 17.8 Å². The lowest BCUT2D eigenvalue weighted by molar-refractivity contribution is -0.143. The molecule has 6 nitrogen and oxygen atoms in total. The van der Waals surface area contributed by atoms with E-state index < -0.39 is 20.7 Å². The molecular formula is C14H24N2O4S. The molecule has 7 heteroatoms. The maximum Gasteiger partial charge on any atom is 0.307 e. The Bertz CT molecular complexity index is 515. The first-order chi connectivity index (χ1) is 9.98. The molecule has 120 valence electrons. The van der Waals surface area contributed by atoms with Crippen molar-refractivity contribution in [3.05, 3.63) is 0 Å². The molecule has 2 aliphatic heterocycles. The van der Waals surface area contributed by atoms with Crippen molar-refractivity contribution in [2.24, 2.45) is 0 Å². The zero-order valence-electron chi connectivity index (χ0n) is 12.6. The van der Waals surface area contributed by atoms with Gasteiger partial charge in [-0.05, 0) is 39.2 Å². The molecule has 21 heavy (non-hydrogen) atoms. The third-order valence-electron chi connectivity index (χ3n) is 5.02. The van der Waals surface area contributed by atoms with Gasteiger partial charge in [0, 0.05) is 25.7 Å². The van der Waals surface area contributed by atoms with Gasteiger partial charge in [0.2, 0.25) is 10.0 Å². The predicted octanol–water partition coefficient (Wildman–Crippen LogP) is 0.582. The van der Waals surface area contributed by atoms with Crippen LogP contribution in [-0.4, -0.2) is 67.2 Å². The van der Waals surface area contributed by atoms with Gasteiger partial charge in [-0.1, -0.05) is 0 Å². The summed E-state index contributed by atoms with van der Waals surface area (Å²) in [6, 6.07) is 0.368. The van der Waals surface area contributed by atoms with Crippen LogP contribution in [-0.2, 0) is 19.6 Å². The van der Waals surface area contributed by atoms with Crippen LogP contribution in [0.15, 0.2) is 0 Å². The molecule has 3 fully saturated rings. The second-order valence-electron chi connectivity index (χ2n) is 6.36. The summed E-state index contributed by atoms with van der Waals surface area (Å²) in [6.45, 7) is 5.10. The Morgan fingerprint density at radius 1 is 1.29 bits per heavy atom. The van der Waals surface area contributed by atoms with Gasteiger partial charge < -0.3 is 4.74 Å². The van der Waals surface area contributed by atoms with E-state index >= 15 is 0 Å². The highest BCUT2D eigenvalue weighted by Crippen LogP contribution is 2.48. The van der Waals surface area contributed by atoms with Gasteiger partial charge in [0.25, 0.3) is 0 Å². The van der Waals surface area contributed by atoms with Crippen LogP contribution in [0.1, 0.15) is 39.0 Å². The molecule has 0 radical (unpaired) electrons. The molecule has 3 rings (SSSR count). The molecule has 1 unspecified atom stereocenters. The molecule has 2 heterocycles. The number of carbonyl (C=O) groups excluding carboxylic acids is 1. The average Bonchev–Trinajstić information content (AvgIpc) is 3.08. The summed E-state index contributed by atoms with van der Waals surface area (Å²) in [4.78, 5) is 14.1. The number of nitrogens with zero attached hydrogens (tertiary/aromatic N) is 2. The van der Waals surface area contributed by atoms with Gasteiger partial charge in [0.1, 0.15) is 0 Å². The minimum absolute atomic E-state index is 0.00799. The van der Waals surface area contributed by atoms with E-state index in [0.717, 1.165) is 25.9 Å². The van der Waals surface area contributed by atoms with Crippen molar-refractivity contribution in [2.45, 2.75) is 49.8 Å². The second kappa shape index (κ2) is 5.52. The number of rotatable bonds is 5. The standard InChI is InChI=1S/C14H24N2O4S/c1-2-20-13(17)10-14(5-6-14)21(18,19)16-9-8-15-7-3-4-12(15)11-16/h12H,2-11H2,1H3. The Hall–Kier alpha value is -0.660. The molecule has 0 aromatic carbocycles. The van der Waals surface area contributed by atoms with Crippen LogP contribution in [0.3, 0.4) is 0 Å². The first-order valence-electron chi connectivity index (χ1n) is 7.88. The van der Waals surface area contributed by atoms with E-state index in [1.807, 2.05) is 0 Å². The van der Waals surface area contributed by atoms with Crippen LogP contribution in [0.4, 0.5) is 0 Å². The van der Waals surface area contributed by atoms with Gasteiger partial charge in [-0.3, -0.25) is 9.69 Å². The van der Waals surface area contributed by atoms with E-state index in [9.17, 15) is 13.2 Å². The fourth-order valence-corrected chi connectivity index (χ4v) is 5.75. The molecule has 0 spiro atoms. The number of sulfonamides is 1. The number of hydrogen-bond donors (Lipinski definition) is 0. The van der Waals surface area contributed by atoms with Gasteiger partial charge in [-0.2, -0.15) is 4.31 Å². The molecule has 3 aliphatic rings. The van der Waals surface area contributed by atoms with E-state index in [-0.39, 0.29) is 6.42 Å². The molecule has 0 aromatic rings. The number of esters is 1. The minimum Gasteiger partial charge on any atom is -0.466 e. The Morgan fingerprint density at radius 3 is 2.71 bits per heavy atom. The van der Waals surface area contributed by atoms with Gasteiger partial charge in [0.15, 0.2) is 0 Å². The first-order valence-corrected chi connectivity index (χ1v) is 9.32. The summed E-state index contributed by atoms with van der Waals surface area (Å²) in [7, 11) is -3.40. The molecule has 0 amide bonds. The highest BCUT2D eigenvalue weighted by Gasteiger charge is 2.58. The number of ether oxygens (including phenoxy) is 1. The van der Waals surface area contributed by atoms with Crippen LogP contribution in [0, 0.1) is 0 Å². The zero-order chi connectivity index (χ0) is 15.1. The molecule has 0 aromatic heterocycles. The summed E-state index contributed by atoms with van der Waals surface area (Å²) >= 11 is 0. The van der Waals surface area contributed by atoms with Gasteiger partial charge in [-0.25, -0.2) is 8.42 Å². The Morgan fingerprint density at radius 2 is 2.05 bits per heavy atom. The monoisotopic (exact) mass is 316 g/mol. The van der Waals surface area contributed by atoms with Crippen molar-refractivity contribution in [2.75, 3.05) is 32.8 Å². The van der Waals surface area contributed by atoms with Crippen molar-refractivity contribution in [3.63, 3.8) is 0 Å². The third-order valence-corrected chi connectivity index (χ3v) is 7.68. The van der Waals surface area contributed by atoms with Crippen LogP contribution in [0.5, 0.6) is 0 Å². The SMILES string of the molecule is CCOC(=O)CC1(S(=O)(=O)N2CCN3CCCC3C2)CC1. The summed E-state index contributed by atoms with van der Waals surface area (Å²) in [5, 5.41) is 0. The van der Waals surface area contributed by atoms with E-state index in [1.54, 1.807) is 11.2 Å². The smallest absolute Gasteiger partial charge is 0.307 e. The summed E-state index contributed by atoms with van der Waals surface area (Å²) in [5.74, 6) is -0.391. The number of fused-ring (bicyclic) bond motifs is 1. The maximum absolute atomic E-state index is 12.9. The van der Waals surface area contributed by atoms with Gasteiger partial charge >= 0.3 is 5.97 Å². The number of hydrogen-bond acceptors (Lipinski definition) is 5. The molecule has 2 saturated heterocycles. The molecule has 0 N–H and O–H groups in total. The second-order valence-corrected chi connectivity index (χ2v) is 8.69. The maximum atomic E-state index is 12.9. The van der Waals surface area contributed by atoms with Crippen molar-refractivity contribution < 1.29 is 17.9 Å². The van der Waals surface area contributed by atoms with E-state index in [1.165, 1.54) is 0 Å². The zero-order valence-corrected chi connectivity index (χ0v) is 13.4. The lowest BCUT2D eigenvalue weighted by Gasteiger charge is -2.38. The Balaban J connectivity index is 1.70. The third kappa shape index (κ3) is 2.71. The van der Waals surface area contributed by atoms with Crippen LogP contribution < -0.4 is 0 Å². The van der Waals surface area contributed by atoms with Crippen LogP contribution >= 0.6 is 0 Å². The van der Waals surface area contributed by atoms with Crippen molar-refractivity contribution in [3.8, 4) is 0 Å². The summed E-state index contributed by atoms with van der Waals surface area (Å²) in [6.07, 6.45) is 3.41. The fourth-order valence-electron chi connectivity index (χ4n) is 3.60. The first kappa shape index (κ1) is 15.2. The van der Waals surface area contributed by atoms with Crippen molar-refractivity contribution in [1.82, 2.24) is 9.21 Å². The number of piperazine rings is 1. The van der Waals surface area contributed by atoms with Crippen molar-refractivity contribution >= 4 is 16.0 Å². The van der Waals surface area contributed by atoms with Gasteiger partial charge in [-0.15, -0.1) is 0 Å². The molecule has 0 bridgehead atoms. The fraction of sp³-hybridized carbons (Fsp3) is 0.929. The lowest BCUT2D eigenvalue weighted by atomic mass is 10.2. The van der Waals surface area contributed by atoms with Crippen LogP contribution in [0.2, 0.25) is 0 Å². The quantitative estimate of drug-likeness (QED) is 0.694. The number of carbonyl (C=O) groups is 1. The highest BCUT2D eigenvalue weighted by molar-refractivity contribution is 7.90. The Labute approximate surface area is 126 Å². The molecule has 1 saturated carbocycles. The van der Waals surface area contributed by atoms with E-state index in [0.29, 0.717) is 38.6 Å². The normalized spacial score (nSPS) is 29.1. The minimum atomic E-state index is -3.40. The topological polar surface area (TPSA) is 66.9 Å². The van der Waals surface area contributed by atoms with Crippen molar-refractivity contribution in [1.29, 1.82) is 0 Å². The summed E-state index contributed by atoms with van der Waals surface area (Å²) < 4.78 is 31.5. The highest BCUT2D eigenvalue weighted by atomic mass is 32.2. The van der Waals surface area contributed by atoms with E-state index in [4.69, 9.17) is 4.74 Å². The Kier molecular flexibility index (Phi) is 4.00. The average molecular weight is 316 g/mol. The van der Waals surface area contributed by atoms with E-state index in [2.05, 4.69) is 4.90 Å².